The molecule has 4 N–H and O–H groups in total. The lowest BCUT2D eigenvalue weighted by atomic mass is 10.1. The minimum absolute atomic E-state index is 0.412. The van der Waals surface area contributed by atoms with Crippen LogP contribution in [0.15, 0.2) is 29.2 Å². The molecule has 0 fully saturated rings. The predicted molar refractivity (Wildman–Crippen MR) is 77.9 cm³/mol. The zero-order valence-electron chi connectivity index (χ0n) is 12.8. The molecule has 25 heavy (non-hydrogen) atoms. The van der Waals surface area contributed by atoms with Crippen LogP contribution in [0.1, 0.15) is 12.5 Å². The van der Waals surface area contributed by atoms with Gasteiger partial charge in [-0.05, 0) is 25.1 Å². The molecule has 0 aliphatic carbocycles. The molecular formula is C13H15F3N2O6S. The average molecular weight is 384 g/mol. The Labute approximate surface area is 140 Å². The van der Waals surface area contributed by atoms with Crippen molar-refractivity contribution < 1.29 is 41.4 Å². The van der Waals surface area contributed by atoms with Crippen LogP contribution in [0.25, 0.3) is 0 Å². The summed E-state index contributed by atoms with van der Waals surface area (Å²) in [5.74, 6) is -2.57. The summed E-state index contributed by atoms with van der Waals surface area (Å²) < 4.78 is 63.4. The average Bonchev–Trinajstić information content (AvgIpc) is 2.50. The van der Waals surface area contributed by atoms with E-state index in [-0.39, 0.29) is 0 Å². The van der Waals surface area contributed by atoms with E-state index in [0.717, 1.165) is 19.1 Å². The maximum absolute atomic E-state index is 12.6. The number of hydrogen-bond acceptors (Lipinski definition) is 5. The van der Waals surface area contributed by atoms with Gasteiger partial charge in [0.15, 0.2) is 5.60 Å². The lowest BCUT2D eigenvalue weighted by Gasteiger charge is -2.18. The van der Waals surface area contributed by atoms with Crippen molar-refractivity contribution >= 4 is 21.9 Å². The summed E-state index contributed by atoms with van der Waals surface area (Å²) in [5.41, 5.74) is -3.42. The second-order valence-electron chi connectivity index (χ2n) is 5.21. The first-order chi connectivity index (χ1) is 11.3. The van der Waals surface area contributed by atoms with Gasteiger partial charge in [0.25, 0.3) is 0 Å². The number of sulfonamides is 1. The van der Waals surface area contributed by atoms with Crippen molar-refractivity contribution in [1.82, 2.24) is 10.0 Å². The molecule has 8 nitrogen and oxygen atoms in total. The molecule has 1 aromatic rings. The van der Waals surface area contributed by atoms with Crippen molar-refractivity contribution in [2.24, 2.45) is 0 Å². The maximum atomic E-state index is 12.6. The standard InChI is InChI=1S/C13H15F3N2O6S/c1-12(22,11(20)21)7-17-10(19)6-18-25(23,24)9-4-2-3-8(5-9)13(14,15)16/h2-5,18,22H,6-7H2,1H3,(H,17,19)(H,20,21). The third kappa shape index (κ3) is 5.99. The maximum Gasteiger partial charge on any atom is 0.416 e. The number of aliphatic carboxylic acids is 1. The first kappa shape index (κ1) is 20.9. The summed E-state index contributed by atoms with van der Waals surface area (Å²) in [6.07, 6.45) is -4.73. The second-order valence-corrected chi connectivity index (χ2v) is 6.97. The highest BCUT2D eigenvalue weighted by molar-refractivity contribution is 7.89. The Morgan fingerprint density at radius 1 is 1.24 bits per heavy atom. The quantitative estimate of drug-likeness (QED) is 0.520. The summed E-state index contributed by atoms with van der Waals surface area (Å²) in [6, 6.07) is 2.93. The monoisotopic (exact) mass is 384 g/mol. The van der Waals surface area contributed by atoms with Crippen LogP contribution in [0, 0.1) is 0 Å². The number of benzene rings is 1. The number of alkyl halides is 3. The first-order valence-corrected chi connectivity index (χ1v) is 8.13. The van der Waals surface area contributed by atoms with E-state index in [0.29, 0.717) is 12.1 Å². The van der Waals surface area contributed by atoms with Gasteiger partial charge < -0.3 is 15.5 Å². The Morgan fingerprint density at radius 3 is 2.36 bits per heavy atom. The molecule has 1 aromatic carbocycles. The van der Waals surface area contributed by atoms with Gasteiger partial charge in [-0.1, -0.05) is 6.07 Å². The summed E-state index contributed by atoms with van der Waals surface area (Å²) in [7, 11) is -4.40. The second kappa shape index (κ2) is 7.37. The smallest absolute Gasteiger partial charge is 0.416 e. The topological polar surface area (TPSA) is 133 Å². The highest BCUT2D eigenvalue weighted by Gasteiger charge is 2.32. The number of carboxylic acid groups (broad SMARTS) is 1. The number of halogens is 3. The fourth-order valence-corrected chi connectivity index (χ4v) is 2.52. The lowest BCUT2D eigenvalue weighted by Crippen LogP contribution is -2.48. The van der Waals surface area contributed by atoms with E-state index in [2.05, 4.69) is 0 Å². The molecule has 0 bridgehead atoms. The van der Waals surface area contributed by atoms with Crippen LogP contribution in [0.2, 0.25) is 0 Å². The number of hydrogen-bond donors (Lipinski definition) is 4. The molecule has 1 unspecified atom stereocenters. The van der Waals surface area contributed by atoms with E-state index < -0.39 is 57.2 Å². The van der Waals surface area contributed by atoms with Crippen LogP contribution in [0.3, 0.4) is 0 Å². The lowest BCUT2D eigenvalue weighted by molar-refractivity contribution is -0.156. The zero-order valence-corrected chi connectivity index (χ0v) is 13.6. The van der Waals surface area contributed by atoms with Crippen molar-refractivity contribution in [3.05, 3.63) is 29.8 Å². The summed E-state index contributed by atoms with van der Waals surface area (Å²) in [6.45, 7) is -0.622. The van der Waals surface area contributed by atoms with Gasteiger partial charge in [-0.3, -0.25) is 4.79 Å². The number of carbonyl (C=O) groups excluding carboxylic acids is 1. The molecule has 0 heterocycles. The molecule has 0 radical (unpaired) electrons. The SMILES string of the molecule is CC(O)(CNC(=O)CNS(=O)(=O)c1cccc(C(F)(F)F)c1)C(=O)O. The molecular weight excluding hydrogens is 369 g/mol. The summed E-state index contributed by atoms with van der Waals surface area (Å²) in [4.78, 5) is 21.5. The predicted octanol–water partition coefficient (Wildman–Crippen LogP) is -0.0645. The van der Waals surface area contributed by atoms with Crippen LogP contribution < -0.4 is 10.0 Å². The van der Waals surface area contributed by atoms with Crippen LogP contribution in [-0.2, 0) is 25.8 Å². The van der Waals surface area contributed by atoms with E-state index in [4.69, 9.17) is 5.11 Å². The Balaban J connectivity index is 2.73. The highest BCUT2D eigenvalue weighted by Crippen LogP contribution is 2.30. The van der Waals surface area contributed by atoms with Crippen LogP contribution in [0.4, 0.5) is 13.2 Å². The Kier molecular flexibility index (Phi) is 6.15. The molecule has 0 aliphatic rings. The highest BCUT2D eigenvalue weighted by atomic mass is 32.2. The number of rotatable bonds is 7. The van der Waals surface area contributed by atoms with Gasteiger partial charge in [-0.25, -0.2) is 17.9 Å². The molecule has 0 saturated carbocycles. The van der Waals surface area contributed by atoms with Crippen molar-refractivity contribution in [2.75, 3.05) is 13.1 Å². The Bertz CT molecular complexity index is 761. The third-order valence-corrected chi connectivity index (χ3v) is 4.38. The van der Waals surface area contributed by atoms with Crippen molar-refractivity contribution in [2.45, 2.75) is 23.6 Å². The van der Waals surface area contributed by atoms with Gasteiger partial charge in [0, 0.05) is 0 Å². The van der Waals surface area contributed by atoms with Gasteiger partial charge >= 0.3 is 12.1 Å². The van der Waals surface area contributed by atoms with Crippen molar-refractivity contribution in [3.8, 4) is 0 Å². The molecule has 1 amide bonds. The van der Waals surface area contributed by atoms with Crippen molar-refractivity contribution in [1.29, 1.82) is 0 Å². The van der Waals surface area contributed by atoms with Gasteiger partial charge in [0.1, 0.15) is 0 Å². The zero-order chi connectivity index (χ0) is 19.5. The largest absolute Gasteiger partial charge is 0.479 e. The van der Waals surface area contributed by atoms with Gasteiger partial charge in [0.2, 0.25) is 15.9 Å². The number of aliphatic hydroxyl groups is 1. The molecule has 1 rings (SSSR count). The molecule has 12 heteroatoms. The molecule has 0 aliphatic heterocycles. The van der Waals surface area contributed by atoms with E-state index in [1.54, 1.807) is 4.72 Å². The Morgan fingerprint density at radius 2 is 1.84 bits per heavy atom. The third-order valence-electron chi connectivity index (χ3n) is 2.98. The molecule has 1 atom stereocenters. The first-order valence-electron chi connectivity index (χ1n) is 6.65. The van der Waals surface area contributed by atoms with Gasteiger partial charge in [-0.15, -0.1) is 0 Å². The molecule has 0 aromatic heterocycles. The minimum atomic E-state index is -4.73. The minimum Gasteiger partial charge on any atom is -0.479 e. The van der Waals surface area contributed by atoms with Gasteiger partial charge in [0.05, 0.1) is 23.5 Å². The number of nitrogens with one attached hydrogen (secondary N) is 2. The van der Waals surface area contributed by atoms with E-state index in [9.17, 15) is 36.3 Å². The number of amides is 1. The fourth-order valence-electron chi connectivity index (χ4n) is 1.49. The summed E-state index contributed by atoms with van der Waals surface area (Å²) >= 11 is 0. The van der Waals surface area contributed by atoms with E-state index in [1.165, 1.54) is 0 Å². The van der Waals surface area contributed by atoms with Crippen LogP contribution >= 0.6 is 0 Å². The molecule has 0 saturated heterocycles. The fraction of sp³-hybridized carbons (Fsp3) is 0.385. The van der Waals surface area contributed by atoms with Crippen molar-refractivity contribution in [3.63, 3.8) is 0 Å². The summed E-state index contributed by atoms with van der Waals surface area (Å²) in [5, 5.41) is 20.0. The molecule has 140 valence electrons. The van der Waals surface area contributed by atoms with E-state index >= 15 is 0 Å². The van der Waals surface area contributed by atoms with Gasteiger partial charge in [-0.2, -0.15) is 13.2 Å². The van der Waals surface area contributed by atoms with Crippen LogP contribution in [0.5, 0.6) is 0 Å². The molecule has 0 spiro atoms. The van der Waals surface area contributed by atoms with Crippen LogP contribution in [-0.4, -0.2) is 49.2 Å². The normalized spacial score (nSPS) is 14.6. The number of carboxylic acids is 1. The van der Waals surface area contributed by atoms with E-state index in [1.807, 2.05) is 5.32 Å². The number of carbonyl (C=O) groups is 2. The Hall–Kier alpha value is -2.18.